The fourth-order valence-electron chi connectivity index (χ4n) is 2.41. The van der Waals surface area contributed by atoms with Gasteiger partial charge in [-0.3, -0.25) is 0 Å². The number of nitriles is 1. The van der Waals surface area contributed by atoms with Gasteiger partial charge in [-0.25, -0.2) is 12.8 Å². The van der Waals surface area contributed by atoms with Gasteiger partial charge in [0.15, 0.2) is 0 Å². The highest BCUT2D eigenvalue weighted by molar-refractivity contribution is 7.89. The molecule has 0 aliphatic heterocycles. The van der Waals surface area contributed by atoms with Crippen molar-refractivity contribution in [3.8, 4) is 6.07 Å². The third-order valence-electron chi connectivity index (χ3n) is 4.02. The minimum atomic E-state index is -3.81. The molecule has 0 saturated heterocycles. The predicted octanol–water partition coefficient (Wildman–Crippen LogP) is 2.51. The number of rotatable bonds is 6. The maximum atomic E-state index is 13.7. The third kappa shape index (κ3) is 3.09. The molecule has 3 rings (SSSR count). The molecule has 0 spiro atoms. The largest absolute Gasteiger partial charge is 0.244 e. The van der Waals surface area contributed by atoms with E-state index in [0.717, 1.165) is 31.7 Å². The van der Waals surface area contributed by atoms with Gasteiger partial charge in [-0.05, 0) is 49.7 Å². The van der Waals surface area contributed by atoms with Crippen LogP contribution in [0.2, 0.25) is 0 Å². The summed E-state index contributed by atoms with van der Waals surface area (Å²) in [6.07, 6.45) is 4.19. The Hall–Kier alpha value is -1.45. The molecule has 21 heavy (non-hydrogen) atoms. The van der Waals surface area contributed by atoms with Crippen molar-refractivity contribution in [2.75, 3.05) is 13.1 Å². The van der Waals surface area contributed by atoms with E-state index >= 15 is 0 Å². The average molecular weight is 308 g/mol. The second-order valence-corrected chi connectivity index (χ2v) is 7.84. The van der Waals surface area contributed by atoms with Gasteiger partial charge in [-0.1, -0.05) is 6.07 Å². The number of nitrogens with zero attached hydrogens (tertiary/aromatic N) is 2. The normalized spacial score (nSPS) is 18.7. The van der Waals surface area contributed by atoms with E-state index in [-0.39, 0.29) is 10.5 Å². The van der Waals surface area contributed by atoms with Gasteiger partial charge < -0.3 is 0 Å². The Labute approximate surface area is 124 Å². The number of hydrogen-bond donors (Lipinski definition) is 0. The lowest BCUT2D eigenvalue weighted by Crippen LogP contribution is -2.35. The predicted molar refractivity (Wildman–Crippen MR) is 75.3 cm³/mol. The molecule has 0 atom stereocenters. The van der Waals surface area contributed by atoms with Crippen molar-refractivity contribution < 1.29 is 12.8 Å². The first-order valence-electron chi connectivity index (χ1n) is 7.21. The number of sulfonamides is 1. The van der Waals surface area contributed by atoms with Crippen LogP contribution < -0.4 is 0 Å². The Morgan fingerprint density at radius 1 is 1.19 bits per heavy atom. The Morgan fingerprint density at radius 2 is 1.76 bits per heavy atom. The van der Waals surface area contributed by atoms with Crippen molar-refractivity contribution in [3.63, 3.8) is 0 Å². The monoisotopic (exact) mass is 308 g/mol. The molecule has 2 saturated carbocycles. The summed E-state index contributed by atoms with van der Waals surface area (Å²) in [4.78, 5) is -0.202. The van der Waals surface area contributed by atoms with Crippen LogP contribution in [-0.4, -0.2) is 25.8 Å². The highest BCUT2D eigenvalue weighted by Gasteiger charge is 2.37. The Balaban J connectivity index is 1.96. The van der Waals surface area contributed by atoms with Crippen LogP contribution in [-0.2, 0) is 10.0 Å². The van der Waals surface area contributed by atoms with Crippen LogP contribution in [0.3, 0.4) is 0 Å². The fourth-order valence-corrected chi connectivity index (χ4v) is 4.16. The van der Waals surface area contributed by atoms with E-state index < -0.39 is 15.8 Å². The summed E-state index contributed by atoms with van der Waals surface area (Å²) >= 11 is 0. The molecule has 112 valence electrons. The van der Waals surface area contributed by atoms with Crippen molar-refractivity contribution in [2.24, 2.45) is 11.8 Å². The van der Waals surface area contributed by atoms with Crippen LogP contribution in [0.5, 0.6) is 0 Å². The quantitative estimate of drug-likeness (QED) is 0.811. The lowest BCUT2D eigenvalue weighted by molar-refractivity contribution is 0.382. The zero-order valence-corrected chi connectivity index (χ0v) is 12.4. The summed E-state index contributed by atoms with van der Waals surface area (Å²) in [7, 11) is -3.81. The van der Waals surface area contributed by atoms with E-state index in [1.807, 2.05) is 0 Å². The van der Waals surface area contributed by atoms with Gasteiger partial charge in [0.25, 0.3) is 0 Å². The smallest absolute Gasteiger partial charge is 0.207 e. The SMILES string of the molecule is N#Cc1c(F)cccc1S(=O)(=O)N(CC1CC1)CC1CC1. The van der Waals surface area contributed by atoms with Crippen LogP contribution in [0.1, 0.15) is 31.2 Å². The second kappa shape index (κ2) is 5.39. The zero-order chi connectivity index (χ0) is 15.0. The molecular weight excluding hydrogens is 291 g/mol. The molecule has 2 aliphatic rings. The number of benzene rings is 1. The minimum absolute atomic E-state index is 0.202. The highest BCUT2D eigenvalue weighted by Crippen LogP contribution is 2.36. The van der Waals surface area contributed by atoms with Crippen molar-refractivity contribution >= 4 is 10.0 Å². The topological polar surface area (TPSA) is 61.2 Å². The summed E-state index contributed by atoms with van der Waals surface area (Å²) in [5, 5.41) is 9.06. The van der Waals surface area contributed by atoms with Crippen LogP contribution in [0.25, 0.3) is 0 Å². The van der Waals surface area contributed by atoms with E-state index in [4.69, 9.17) is 5.26 Å². The lowest BCUT2D eigenvalue weighted by Gasteiger charge is -2.22. The molecule has 6 heteroatoms. The van der Waals surface area contributed by atoms with Crippen molar-refractivity contribution in [3.05, 3.63) is 29.6 Å². The first kappa shape index (κ1) is 14.5. The van der Waals surface area contributed by atoms with Gasteiger partial charge in [0.2, 0.25) is 10.0 Å². The summed E-state index contributed by atoms with van der Waals surface area (Å²) < 4.78 is 40.7. The standard InChI is InChI=1S/C15H17FN2O2S/c16-14-2-1-3-15(13(14)8-17)21(19,20)18(9-11-4-5-11)10-12-6-7-12/h1-3,11-12H,4-7,9-10H2. The zero-order valence-electron chi connectivity index (χ0n) is 11.6. The highest BCUT2D eigenvalue weighted by atomic mass is 32.2. The summed E-state index contributed by atoms with van der Waals surface area (Å²) in [6.45, 7) is 0.973. The molecule has 0 aromatic heterocycles. The van der Waals surface area contributed by atoms with E-state index in [2.05, 4.69) is 0 Å². The summed E-state index contributed by atoms with van der Waals surface area (Å²) in [5.41, 5.74) is -0.380. The molecule has 0 radical (unpaired) electrons. The molecule has 0 amide bonds. The van der Waals surface area contributed by atoms with Crippen LogP contribution in [0.15, 0.2) is 23.1 Å². The first-order chi connectivity index (χ1) is 10.0. The molecule has 1 aromatic carbocycles. The molecule has 0 bridgehead atoms. The summed E-state index contributed by atoms with van der Waals surface area (Å²) in [5.74, 6) is 0.0478. The minimum Gasteiger partial charge on any atom is -0.207 e. The van der Waals surface area contributed by atoms with Crippen LogP contribution >= 0.6 is 0 Å². The van der Waals surface area contributed by atoms with E-state index in [9.17, 15) is 12.8 Å². The van der Waals surface area contributed by atoms with Crippen molar-refractivity contribution in [1.29, 1.82) is 5.26 Å². The number of hydrogen-bond acceptors (Lipinski definition) is 3. The van der Waals surface area contributed by atoms with Crippen molar-refractivity contribution in [2.45, 2.75) is 30.6 Å². The second-order valence-electron chi connectivity index (χ2n) is 5.93. The number of halogens is 1. The Bertz CT molecular complexity index is 674. The Morgan fingerprint density at radius 3 is 2.24 bits per heavy atom. The van der Waals surface area contributed by atoms with Crippen LogP contribution in [0.4, 0.5) is 4.39 Å². The van der Waals surface area contributed by atoms with E-state index in [1.165, 1.54) is 16.4 Å². The van der Waals surface area contributed by atoms with Gasteiger partial charge in [-0.2, -0.15) is 9.57 Å². The van der Waals surface area contributed by atoms with Gasteiger partial charge in [-0.15, -0.1) is 0 Å². The molecule has 0 N–H and O–H groups in total. The van der Waals surface area contributed by atoms with Gasteiger partial charge in [0.05, 0.1) is 0 Å². The average Bonchev–Trinajstić information content (AvgIpc) is 3.32. The molecule has 2 aliphatic carbocycles. The maximum Gasteiger partial charge on any atom is 0.244 e. The summed E-state index contributed by atoms with van der Waals surface area (Å²) in [6, 6.07) is 5.46. The van der Waals surface area contributed by atoms with Gasteiger partial charge in [0.1, 0.15) is 22.3 Å². The third-order valence-corrected chi connectivity index (χ3v) is 5.90. The molecule has 2 fully saturated rings. The molecular formula is C15H17FN2O2S. The van der Waals surface area contributed by atoms with Gasteiger partial charge in [0, 0.05) is 13.1 Å². The van der Waals surface area contributed by atoms with Crippen molar-refractivity contribution in [1.82, 2.24) is 4.31 Å². The first-order valence-corrected chi connectivity index (χ1v) is 8.65. The maximum absolute atomic E-state index is 13.7. The van der Waals surface area contributed by atoms with E-state index in [1.54, 1.807) is 6.07 Å². The Kier molecular flexibility index (Phi) is 3.72. The molecule has 0 heterocycles. The van der Waals surface area contributed by atoms with Gasteiger partial charge >= 0.3 is 0 Å². The van der Waals surface area contributed by atoms with E-state index in [0.29, 0.717) is 24.9 Å². The van der Waals surface area contributed by atoms with Crippen LogP contribution in [0, 0.1) is 29.0 Å². The molecule has 1 aromatic rings. The molecule has 0 unspecified atom stereocenters. The lowest BCUT2D eigenvalue weighted by atomic mass is 10.2. The molecule has 4 nitrogen and oxygen atoms in total. The fraction of sp³-hybridized carbons (Fsp3) is 0.533.